The molecule has 0 aromatic rings. The standard InChI is InChI=1S/2C5H9NO2/c2*6-2-3-1-4(3)5(7)8/h2*3-4H,1-2,6H2,(H,7,8)/t2*3-,4+/m10/s1. The Labute approximate surface area is 93.6 Å². The zero-order valence-electron chi connectivity index (χ0n) is 9.00. The van der Waals surface area contributed by atoms with Gasteiger partial charge in [0.05, 0.1) is 11.8 Å². The summed E-state index contributed by atoms with van der Waals surface area (Å²) in [5.41, 5.74) is 10.4. The topological polar surface area (TPSA) is 127 Å². The zero-order chi connectivity index (χ0) is 12.3. The molecule has 2 aliphatic carbocycles. The van der Waals surface area contributed by atoms with E-state index in [1.54, 1.807) is 0 Å². The third-order valence-corrected chi connectivity index (χ3v) is 3.09. The summed E-state index contributed by atoms with van der Waals surface area (Å²) in [5.74, 6) is -1.10. The van der Waals surface area contributed by atoms with Gasteiger partial charge in [0.25, 0.3) is 0 Å². The van der Waals surface area contributed by atoms with Gasteiger partial charge in [-0.25, -0.2) is 0 Å². The fourth-order valence-electron chi connectivity index (χ4n) is 1.62. The second kappa shape index (κ2) is 5.27. The molecule has 2 rings (SSSR count). The van der Waals surface area contributed by atoms with Gasteiger partial charge in [-0.2, -0.15) is 0 Å². The van der Waals surface area contributed by atoms with Crippen LogP contribution in [-0.2, 0) is 9.59 Å². The number of hydrogen-bond donors (Lipinski definition) is 4. The Bertz CT molecular complexity index is 254. The normalized spacial score (nSPS) is 34.6. The van der Waals surface area contributed by atoms with E-state index in [1.807, 2.05) is 0 Å². The van der Waals surface area contributed by atoms with Gasteiger partial charge < -0.3 is 21.7 Å². The van der Waals surface area contributed by atoms with Gasteiger partial charge in [0.1, 0.15) is 0 Å². The first-order valence-corrected chi connectivity index (χ1v) is 5.37. The summed E-state index contributed by atoms with van der Waals surface area (Å²) in [6.07, 6.45) is 1.57. The molecule has 2 fully saturated rings. The summed E-state index contributed by atoms with van der Waals surface area (Å²) < 4.78 is 0. The Hall–Kier alpha value is -1.14. The Morgan fingerprint density at radius 2 is 1.25 bits per heavy atom. The highest BCUT2D eigenvalue weighted by atomic mass is 16.4. The van der Waals surface area contributed by atoms with E-state index in [0.717, 1.165) is 12.8 Å². The van der Waals surface area contributed by atoms with Crippen LogP contribution in [0.15, 0.2) is 0 Å². The van der Waals surface area contributed by atoms with Crippen LogP contribution >= 0.6 is 0 Å². The van der Waals surface area contributed by atoms with Crippen molar-refractivity contribution in [3.05, 3.63) is 0 Å². The maximum absolute atomic E-state index is 10.1. The molecule has 0 saturated heterocycles. The van der Waals surface area contributed by atoms with Crippen LogP contribution in [0.2, 0.25) is 0 Å². The van der Waals surface area contributed by atoms with Crippen molar-refractivity contribution in [1.29, 1.82) is 0 Å². The molecule has 0 aromatic heterocycles. The highest BCUT2D eigenvalue weighted by molar-refractivity contribution is 5.73. The molecule has 6 nitrogen and oxygen atoms in total. The number of aliphatic carboxylic acids is 2. The highest BCUT2D eigenvalue weighted by Gasteiger charge is 2.42. The van der Waals surface area contributed by atoms with Crippen LogP contribution in [0.4, 0.5) is 0 Å². The Kier molecular flexibility index (Phi) is 4.26. The summed E-state index contributed by atoms with van der Waals surface area (Å²) in [6, 6.07) is 0. The van der Waals surface area contributed by atoms with Crippen LogP contribution in [0.5, 0.6) is 0 Å². The Morgan fingerprint density at radius 1 is 0.938 bits per heavy atom. The van der Waals surface area contributed by atoms with Crippen LogP contribution in [0.3, 0.4) is 0 Å². The van der Waals surface area contributed by atoms with E-state index in [1.165, 1.54) is 0 Å². The monoisotopic (exact) mass is 230 g/mol. The van der Waals surface area contributed by atoms with E-state index in [0.29, 0.717) is 13.1 Å². The molecule has 2 aliphatic rings. The van der Waals surface area contributed by atoms with Gasteiger partial charge in [-0.3, -0.25) is 9.59 Å². The van der Waals surface area contributed by atoms with Crippen molar-refractivity contribution in [3.63, 3.8) is 0 Å². The summed E-state index contributed by atoms with van der Waals surface area (Å²) in [4.78, 5) is 20.2. The van der Waals surface area contributed by atoms with Crippen LogP contribution in [0.25, 0.3) is 0 Å². The van der Waals surface area contributed by atoms with Gasteiger partial charge >= 0.3 is 11.9 Å². The lowest BCUT2D eigenvalue weighted by Gasteiger charge is -1.85. The molecule has 6 N–H and O–H groups in total. The minimum Gasteiger partial charge on any atom is -0.481 e. The lowest BCUT2D eigenvalue weighted by molar-refractivity contribution is -0.139. The lowest BCUT2D eigenvalue weighted by atomic mass is 10.3. The molecule has 0 bridgehead atoms. The van der Waals surface area contributed by atoms with Crippen LogP contribution in [0.1, 0.15) is 12.8 Å². The maximum Gasteiger partial charge on any atom is 0.306 e. The van der Waals surface area contributed by atoms with Gasteiger partial charge in [0.2, 0.25) is 0 Å². The third-order valence-electron chi connectivity index (χ3n) is 3.09. The second-order valence-corrected chi connectivity index (χ2v) is 4.35. The van der Waals surface area contributed by atoms with Crippen molar-refractivity contribution < 1.29 is 19.8 Å². The average molecular weight is 230 g/mol. The van der Waals surface area contributed by atoms with E-state index in [9.17, 15) is 9.59 Å². The Morgan fingerprint density at radius 3 is 1.31 bits per heavy atom. The number of hydrogen-bond acceptors (Lipinski definition) is 4. The molecular weight excluding hydrogens is 212 g/mol. The summed E-state index contributed by atoms with van der Waals surface area (Å²) in [6.45, 7) is 1.05. The number of carboxylic acid groups (broad SMARTS) is 2. The molecular formula is C10H18N2O4. The molecule has 2 saturated carbocycles. The second-order valence-electron chi connectivity index (χ2n) is 4.35. The van der Waals surface area contributed by atoms with Crippen molar-refractivity contribution in [2.45, 2.75) is 12.8 Å². The molecule has 0 aromatic carbocycles. The zero-order valence-corrected chi connectivity index (χ0v) is 9.00. The largest absolute Gasteiger partial charge is 0.481 e. The molecule has 0 heterocycles. The number of nitrogens with two attached hydrogens (primary N) is 2. The number of carbonyl (C=O) groups is 2. The van der Waals surface area contributed by atoms with E-state index in [2.05, 4.69) is 0 Å². The molecule has 6 heteroatoms. The predicted octanol–water partition coefficient (Wildman–Crippen LogP) is -0.668. The van der Waals surface area contributed by atoms with E-state index >= 15 is 0 Å². The summed E-state index contributed by atoms with van der Waals surface area (Å²) in [5, 5.41) is 16.6. The van der Waals surface area contributed by atoms with Crippen LogP contribution in [0, 0.1) is 23.7 Å². The van der Waals surface area contributed by atoms with Crippen LogP contribution < -0.4 is 11.5 Å². The average Bonchev–Trinajstić information content (AvgIpc) is 3.11. The fraction of sp³-hybridized carbons (Fsp3) is 0.800. The van der Waals surface area contributed by atoms with E-state index in [-0.39, 0.29) is 23.7 Å². The van der Waals surface area contributed by atoms with Crippen molar-refractivity contribution in [1.82, 2.24) is 0 Å². The molecule has 92 valence electrons. The summed E-state index contributed by atoms with van der Waals surface area (Å²) >= 11 is 0. The minimum atomic E-state index is -0.694. The number of carboxylic acids is 2. The van der Waals surface area contributed by atoms with Crippen molar-refractivity contribution in [2.75, 3.05) is 13.1 Å². The number of rotatable bonds is 4. The first kappa shape index (κ1) is 12.9. The fourth-order valence-corrected chi connectivity index (χ4v) is 1.62. The highest BCUT2D eigenvalue weighted by Crippen LogP contribution is 2.37. The van der Waals surface area contributed by atoms with E-state index in [4.69, 9.17) is 21.7 Å². The molecule has 16 heavy (non-hydrogen) atoms. The van der Waals surface area contributed by atoms with Crippen molar-refractivity contribution in [3.8, 4) is 0 Å². The molecule has 0 radical (unpaired) electrons. The molecule has 0 amide bonds. The van der Waals surface area contributed by atoms with Gasteiger partial charge in [-0.05, 0) is 37.8 Å². The smallest absolute Gasteiger partial charge is 0.306 e. The molecule has 0 unspecified atom stereocenters. The molecule has 4 atom stereocenters. The van der Waals surface area contributed by atoms with Gasteiger partial charge in [-0.1, -0.05) is 0 Å². The molecule has 0 spiro atoms. The van der Waals surface area contributed by atoms with Crippen molar-refractivity contribution in [2.24, 2.45) is 35.1 Å². The maximum atomic E-state index is 10.1. The minimum absolute atomic E-state index is 0.125. The van der Waals surface area contributed by atoms with E-state index < -0.39 is 11.9 Å². The third kappa shape index (κ3) is 3.46. The van der Waals surface area contributed by atoms with Gasteiger partial charge in [0, 0.05) is 0 Å². The van der Waals surface area contributed by atoms with Crippen LogP contribution in [-0.4, -0.2) is 35.2 Å². The van der Waals surface area contributed by atoms with Crippen molar-refractivity contribution >= 4 is 11.9 Å². The first-order chi connectivity index (χ1) is 7.51. The lowest BCUT2D eigenvalue weighted by Crippen LogP contribution is -2.07. The Balaban J connectivity index is 0.000000160. The first-order valence-electron chi connectivity index (χ1n) is 5.37. The summed E-state index contributed by atoms with van der Waals surface area (Å²) in [7, 11) is 0. The SMILES string of the molecule is NC[C@@H]1C[C@H]1C(=O)O.NC[C@H]1C[C@@H]1C(=O)O. The molecule has 0 aliphatic heterocycles. The predicted molar refractivity (Wildman–Crippen MR) is 56.6 cm³/mol. The van der Waals surface area contributed by atoms with Gasteiger partial charge in [0.15, 0.2) is 0 Å². The quantitative estimate of drug-likeness (QED) is 0.507. The van der Waals surface area contributed by atoms with Gasteiger partial charge in [-0.15, -0.1) is 0 Å².